The number of carbonyl (C=O) groups is 1. The third-order valence-corrected chi connectivity index (χ3v) is 2.89. The Morgan fingerprint density at radius 1 is 1.45 bits per heavy atom. The lowest BCUT2D eigenvalue weighted by Gasteiger charge is -2.21. The van der Waals surface area contributed by atoms with Gasteiger partial charge in [0.05, 0.1) is 5.69 Å². The van der Waals surface area contributed by atoms with Gasteiger partial charge in [-0.2, -0.15) is 0 Å². The number of nitrogens with two attached hydrogens (primary N) is 1. The van der Waals surface area contributed by atoms with Crippen LogP contribution in [-0.4, -0.2) is 19.3 Å². The van der Waals surface area contributed by atoms with Gasteiger partial charge in [0.2, 0.25) is 6.41 Å². The van der Waals surface area contributed by atoms with Crippen LogP contribution < -0.4 is 16.0 Å². The minimum Gasteiger partial charge on any atom is -0.402 e. The van der Waals surface area contributed by atoms with E-state index in [-0.39, 0.29) is 0 Å². The molecule has 0 radical (unpaired) electrons. The summed E-state index contributed by atoms with van der Waals surface area (Å²) >= 11 is 0. The zero-order chi connectivity index (χ0) is 15.1. The van der Waals surface area contributed by atoms with E-state index in [1.807, 2.05) is 38.2 Å². The standard InChI is InChI=1S/C15H20N4O/c1-5-18-15(11(2)12(3)16)19(10-20)14-8-6-7-13(9-14)17-4/h5-10,17H,1,16H2,2-4H3/b12-11+,18-15?. The van der Waals surface area contributed by atoms with Gasteiger partial charge in [-0.05, 0) is 32.0 Å². The van der Waals surface area contributed by atoms with Crippen molar-refractivity contribution in [2.75, 3.05) is 17.3 Å². The fourth-order valence-electron chi connectivity index (χ4n) is 1.65. The normalized spacial score (nSPS) is 12.4. The third-order valence-electron chi connectivity index (χ3n) is 2.89. The van der Waals surface area contributed by atoms with E-state index in [0.717, 1.165) is 11.3 Å². The van der Waals surface area contributed by atoms with E-state index in [9.17, 15) is 4.79 Å². The highest BCUT2D eigenvalue weighted by Gasteiger charge is 2.15. The van der Waals surface area contributed by atoms with Gasteiger partial charge in [-0.15, -0.1) is 0 Å². The number of hydrogen-bond donors (Lipinski definition) is 2. The molecule has 5 nitrogen and oxygen atoms in total. The largest absolute Gasteiger partial charge is 0.402 e. The first kappa shape index (κ1) is 15.5. The molecule has 20 heavy (non-hydrogen) atoms. The van der Waals surface area contributed by atoms with Gasteiger partial charge in [0, 0.05) is 30.2 Å². The Balaban J connectivity index is 3.34. The molecule has 0 unspecified atom stereocenters. The van der Waals surface area contributed by atoms with Crippen LogP contribution in [0.15, 0.2) is 53.3 Å². The summed E-state index contributed by atoms with van der Waals surface area (Å²) in [5.74, 6) is 0.461. The summed E-state index contributed by atoms with van der Waals surface area (Å²) in [6.07, 6.45) is 2.10. The average molecular weight is 272 g/mol. The van der Waals surface area contributed by atoms with Gasteiger partial charge < -0.3 is 11.1 Å². The van der Waals surface area contributed by atoms with Gasteiger partial charge in [0.25, 0.3) is 0 Å². The van der Waals surface area contributed by atoms with Crippen molar-refractivity contribution in [1.29, 1.82) is 0 Å². The Hall–Kier alpha value is -2.56. The van der Waals surface area contributed by atoms with Gasteiger partial charge in [-0.25, -0.2) is 4.99 Å². The smallest absolute Gasteiger partial charge is 0.219 e. The maximum Gasteiger partial charge on any atom is 0.219 e. The van der Waals surface area contributed by atoms with Crippen LogP contribution in [0.25, 0.3) is 0 Å². The summed E-state index contributed by atoms with van der Waals surface area (Å²) in [4.78, 5) is 17.1. The van der Waals surface area contributed by atoms with Crippen LogP contribution in [0, 0.1) is 0 Å². The van der Waals surface area contributed by atoms with Crippen LogP contribution in [-0.2, 0) is 4.79 Å². The van der Waals surface area contributed by atoms with Crippen LogP contribution in [0.3, 0.4) is 0 Å². The molecule has 5 heteroatoms. The Labute approximate surface area is 119 Å². The molecule has 106 valence electrons. The molecule has 0 saturated carbocycles. The van der Waals surface area contributed by atoms with E-state index in [4.69, 9.17) is 5.73 Å². The quantitative estimate of drug-likeness (QED) is 0.491. The number of hydrogen-bond acceptors (Lipinski definition) is 4. The van der Waals surface area contributed by atoms with E-state index in [0.29, 0.717) is 23.6 Å². The molecule has 0 fully saturated rings. The SMILES string of the molecule is C=CN=C(/C(C)=C(\C)N)N(C=O)c1cccc(NC)c1. The van der Waals surface area contributed by atoms with E-state index < -0.39 is 0 Å². The predicted octanol–water partition coefficient (Wildman–Crippen LogP) is 2.49. The van der Waals surface area contributed by atoms with Crippen molar-refractivity contribution in [1.82, 2.24) is 0 Å². The first-order chi connectivity index (χ1) is 9.54. The van der Waals surface area contributed by atoms with E-state index >= 15 is 0 Å². The molecule has 0 atom stereocenters. The molecule has 0 aliphatic rings. The van der Waals surface area contributed by atoms with Crippen molar-refractivity contribution in [3.63, 3.8) is 0 Å². The van der Waals surface area contributed by atoms with Gasteiger partial charge in [-0.3, -0.25) is 9.69 Å². The third kappa shape index (κ3) is 3.47. The number of aliphatic imine (C=N–C) groups is 1. The molecule has 0 aromatic heterocycles. The fraction of sp³-hybridized carbons (Fsp3) is 0.200. The molecule has 3 N–H and O–H groups in total. The number of amidine groups is 1. The molecule has 0 aliphatic heterocycles. The second-order valence-corrected chi connectivity index (χ2v) is 4.22. The Morgan fingerprint density at radius 2 is 2.15 bits per heavy atom. The Morgan fingerprint density at radius 3 is 2.65 bits per heavy atom. The van der Waals surface area contributed by atoms with Crippen LogP contribution in [0.5, 0.6) is 0 Å². The number of rotatable bonds is 5. The van der Waals surface area contributed by atoms with E-state index in [2.05, 4.69) is 16.9 Å². The first-order valence-electron chi connectivity index (χ1n) is 6.19. The van der Waals surface area contributed by atoms with Gasteiger partial charge in [-0.1, -0.05) is 12.6 Å². The second-order valence-electron chi connectivity index (χ2n) is 4.22. The molecule has 0 saturated heterocycles. The molecule has 1 aromatic rings. The zero-order valence-corrected chi connectivity index (χ0v) is 12.1. The summed E-state index contributed by atoms with van der Waals surface area (Å²) in [5.41, 5.74) is 8.73. The monoisotopic (exact) mass is 272 g/mol. The van der Waals surface area contributed by atoms with Gasteiger partial charge in [0.15, 0.2) is 0 Å². The Bertz CT molecular complexity index is 557. The number of anilines is 2. The minimum atomic E-state index is 0.461. The summed E-state index contributed by atoms with van der Waals surface area (Å²) in [6, 6.07) is 7.45. The second kappa shape index (κ2) is 7.13. The molecule has 0 heterocycles. The highest BCUT2D eigenvalue weighted by atomic mass is 16.1. The van der Waals surface area contributed by atoms with Crippen LogP contribution in [0.2, 0.25) is 0 Å². The number of nitrogens with zero attached hydrogens (tertiary/aromatic N) is 2. The summed E-state index contributed by atoms with van der Waals surface area (Å²) in [7, 11) is 1.82. The van der Waals surface area contributed by atoms with Gasteiger partial charge >= 0.3 is 0 Å². The molecule has 1 aromatic carbocycles. The highest BCUT2D eigenvalue weighted by Crippen LogP contribution is 2.21. The maximum absolute atomic E-state index is 11.5. The minimum absolute atomic E-state index is 0.461. The number of carbonyl (C=O) groups excluding carboxylic acids is 1. The number of allylic oxidation sites excluding steroid dienone is 1. The lowest BCUT2D eigenvalue weighted by Crippen LogP contribution is -2.31. The topological polar surface area (TPSA) is 70.7 Å². The molecule has 0 aliphatic carbocycles. The molecular formula is C15H20N4O. The van der Waals surface area contributed by atoms with Crippen LogP contribution in [0.4, 0.5) is 11.4 Å². The molecule has 0 bridgehead atoms. The van der Waals surface area contributed by atoms with Gasteiger partial charge in [0.1, 0.15) is 5.84 Å². The summed E-state index contributed by atoms with van der Waals surface area (Å²) in [6.45, 7) is 7.16. The predicted molar refractivity (Wildman–Crippen MR) is 84.7 cm³/mol. The maximum atomic E-state index is 11.5. The molecule has 0 spiro atoms. The molecule has 1 amide bonds. The van der Waals surface area contributed by atoms with Crippen molar-refractivity contribution in [3.8, 4) is 0 Å². The summed E-state index contributed by atoms with van der Waals surface area (Å²) in [5, 5.41) is 3.03. The average Bonchev–Trinajstić information content (AvgIpc) is 2.46. The van der Waals surface area contributed by atoms with Crippen molar-refractivity contribution in [2.45, 2.75) is 13.8 Å². The summed E-state index contributed by atoms with van der Waals surface area (Å²) < 4.78 is 0. The molecular weight excluding hydrogens is 252 g/mol. The number of nitrogens with one attached hydrogen (secondary N) is 1. The zero-order valence-electron chi connectivity index (χ0n) is 12.1. The van der Waals surface area contributed by atoms with Crippen molar-refractivity contribution in [2.24, 2.45) is 10.7 Å². The Kier molecular flexibility index (Phi) is 5.53. The lowest BCUT2D eigenvalue weighted by atomic mass is 10.2. The van der Waals surface area contributed by atoms with Crippen molar-refractivity contribution < 1.29 is 4.79 Å². The van der Waals surface area contributed by atoms with Crippen molar-refractivity contribution in [3.05, 3.63) is 48.3 Å². The number of benzene rings is 1. The van der Waals surface area contributed by atoms with Crippen LogP contribution >= 0.6 is 0 Å². The first-order valence-corrected chi connectivity index (χ1v) is 6.19. The fourth-order valence-corrected chi connectivity index (χ4v) is 1.65. The lowest BCUT2D eigenvalue weighted by molar-refractivity contribution is -0.106. The molecule has 1 rings (SSSR count). The van der Waals surface area contributed by atoms with E-state index in [1.165, 1.54) is 11.1 Å². The van der Waals surface area contributed by atoms with Crippen LogP contribution in [0.1, 0.15) is 13.8 Å². The highest BCUT2D eigenvalue weighted by molar-refractivity contribution is 6.18. The van der Waals surface area contributed by atoms with E-state index in [1.54, 1.807) is 6.92 Å². The number of amides is 1. The van der Waals surface area contributed by atoms with Crippen molar-refractivity contribution >= 4 is 23.6 Å².